The van der Waals surface area contributed by atoms with Gasteiger partial charge in [0.05, 0.1) is 11.3 Å². The Bertz CT molecular complexity index is 1370. The number of amides is 1. The average molecular weight is 497 g/mol. The van der Waals surface area contributed by atoms with Crippen LogP contribution in [0, 0.1) is 5.41 Å². The van der Waals surface area contributed by atoms with Gasteiger partial charge in [-0.25, -0.2) is 13.8 Å². The molecule has 0 radical (unpaired) electrons. The van der Waals surface area contributed by atoms with Gasteiger partial charge >= 0.3 is 16.2 Å². The summed E-state index contributed by atoms with van der Waals surface area (Å²) < 4.78 is 33.7. The van der Waals surface area contributed by atoms with Gasteiger partial charge in [-0.05, 0) is 65.3 Å². The predicted octanol–water partition coefficient (Wildman–Crippen LogP) is 3.58. The van der Waals surface area contributed by atoms with Crippen LogP contribution in [0.5, 0.6) is 5.75 Å². The Balaban J connectivity index is 1.70. The van der Waals surface area contributed by atoms with Gasteiger partial charge in [0, 0.05) is 6.61 Å². The highest BCUT2D eigenvalue weighted by molar-refractivity contribution is 7.92. The number of hydrogen-bond donors (Lipinski definition) is 2. The second-order valence-electron chi connectivity index (χ2n) is 9.47. The Morgan fingerprint density at radius 2 is 1.83 bits per heavy atom. The Kier molecular flexibility index (Phi) is 6.82. The molecule has 1 saturated heterocycles. The number of rotatable bonds is 8. The summed E-state index contributed by atoms with van der Waals surface area (Å²) in [5.74, 6) is -1.25. The molecule has 3 aromatic rings. The molecule has 9 heteroatoms. The Labute approximate surface area is 204 Å². The highest BCUT2D eigenvalue weighted by atomic mass is 32.2. The first-order valence-electron chi connectivity index (χ1n) is 11.4. The van der Waals surface area contributed by atoms with E-state index in [1.165, 1.54) is 0 Å². The van der Waals surface area contributed by atoms with Crippen molar-refractivity contribution in [2.24, 2.45) is 5.41 Å². The molecular weight excluding hydrogens is 468 g/mol. The van der Waals surface area contributed by atoms with Crippen LogP contribution in [-0.4, -0.2) is 38.6 Å². The molecule has 1 aliphatic rings. The molecule has 0 unspecified atom stereocenters. The van der Waals surface area contributed by atoms with Gasteiger partial charge in [-0.2, -0.15) is 8.42 Å². The van der Waals surface area contributed by atoms with Gasteiger partial charge in [-0.15, -0.1) is 0 Å². The van der Waals surface area contributed by atoms with Crippen LogP contribution in [0.25, 0.3) is 10.8 Å². The number of nitrogens with zero attached hydrogens (tertiary/aromatic N) is 1. The molecule has 0 saturated carbocycles. The van der Waals surface area contributed by atoms with Gasteiger partial charge in [0.1, 0.15) is 6.54 Å². The van der Waals surface area contributed by atoms with Crippen molar-refractivity contribution in [1.82, 2.24) is 4.72 Å². The van der Waals surface area contributed by atoms with Crippen molar-refractivity contribution in [2.75, 3.05) is 17.5 Å². The molecule has 0 bridgehead atoms. The van der Waals surface area contributed by atoms with Crippen LogP contribution >= 0.6 is 0 Å². The summed E-state index contributed by atoms with van der Waals surface area (Å²) >= 11 is 0. The number of carbonyl (C=O) groups is 2. The fourth-order valence-electron chi connectivity index (χ4n) is 3.99. The van der Waals surface area contributed by atoms with E-state index in [0.29, 0.717) is 5.56 Å². The highest BCUT2D eigenvalue weighted by Crippen LogP contribution is 2.37. The lowest BCUT2D eigenvalue weighted by Gasteiger charge is -2.21. The van der Waals surface area contributed by atoms with Gasteiger partial charge < -0.3 is 9.84 Å². The first-order valence-corrected chi connectivity index (χ1v) is 12.8. The number of aliphatic hydroxyl groups excluding tert-OH is 1. The molecule has 1 heterocycles. The number of benzene rings is 3. The van der Waals surface area contributed by atoms with Gasteiger partial charge in [0.25, 0.3) is 5.91 Å². The van der Waals surface area contributed by atoms with Crippen LogP contribution in [0.1, 0.15) is 42.6 Å². The summed E-state index contributed by atoms with van der Waals surface area (Å²) in [6.45, 7) is 3.75. The zero-order chi connectivity index (χ0) is 25.2. The molecule has 184 valence electrons. The first-order chi connectivity index (χ1) is 16.6. The number of aryl methyl sites for hydroxylation is 1. The van der Waals surface area contributed by atoms with Crippen molar-refractivity contribution < 1.29 is 27.9 Å². The summed E-state index contributed by atoms with van der Waals surface area (Å²) in [5.41, 5.74) is 1.34. The summed E-state index contributed by atoms with van der Waals surface area (Å²) in [4.78, 5) is 24.6. The van der Waals surface area contributed by atoms with Crippen molar-refractivity contribution in [3.63, 3.8) is 0 Å². The van der Waals surface area contributed by atoms with Crippen LogP contribution in [0.2, 0.25) is 0 Å². The summed E-state index contributed by atoms with van der Waals surface area (Å²) in [5, 5.41) is 11.0. The molecule has 2 N–H and O–H groups in total. The molecule has 8 nitrogen and oxygen atoms in total. The SMILES string of the molecule is CC(C)(CO)CCCc1ccc2cc(OC(=O)c3ccccc3)c(N3CC(=O)NS3(=O)=O)cc2c1. The van der Waals surface area contributed by atoms with E-state index in [0.717, 1.165) is 39.9 Å². The first kappa shape index (κ1) is 24.7. The standard InChI is InChI=1S/C26H28N2O6S/c1-26(2,17-29)12-6-7-18-10-11-20-15-23(34-25(31)19-8-4-3-5-9-19)22(14-21(20)13-18)28-16-24(30)27-35(28,32)33/h3-5,8-11,13-15,29H,6-7,12,16-17H2,1-2H3,(H,27,30). The minimum absolute atomic E-state index is 0.0453. The maximum absolute atomic E-state index is 12.7. The molecule has 4 rings (SSSR count). The summed E-state index contributed by atoms with van der Waals surface area (Å²) in [6.07, 6.45) is 2.54. The molecule has 35 heavy (non-hydrogen) atoms. The van der Waals surface area contributed by atoms with Crippen molar-refractivity contribution in [3.05, 3.63) is 71.8 Å². The molecule has 1 aliphatic heterocycles. The maximum Gasteiger partial charge on any atom is 0.343 e. The van der Waals surface area contributed by atoms with Gasteiger partial charge in [0.2, 0.25) is 0 Å². The number of ether oxygens (including phenoxy) is 1. The molecule has 0 aromatic heterocycles. The van der Waals surface area contributed by atoms with Crippen LogP contribution in [0.3, 0.4) is 0 Å². The molecule has 1 fully saturated rings. The van der Waals surface area contributed by atoms with Crippen molar-refractivity contribution in [1.29, 1.82) is 0 Å². The highest BCUT2D eigenvalue weighted by Gasteiger charge is 2.36. The van der Waals surface area contributed by atoms with E-state index in [1.54, 1.807) is 42.5 Å². The molecule has 0 spiro atoms. The van der Waals surface area contributed by atoms with Crippen molar-refractivity contribution >= 4 is 38.5 Å². The number of hydrogen-bond acceptors (Lipinski definition) is 6. The van der Waals surface area contributed by atoms with Gasteiger partial charge in [-0.3, -0.25) is 4.79 Å². The molecule has 0 atom stereocenters. The van der Waals surface area contributed by atoms with Crippen molar-refractivity contribution in [3.8, 4) is 5.75 Å². The lowest BCUT2D eigenvalue weighted by Crippen LogP contribution is -2.30. The van der Waals surface area contributed by atoms with Crippen LogP contribution in [-0.2, 0) is 21.4 Å². The van der Waals surface area contributed by atoms with E-state index >= 15 is 0 Å². The third-order valence-corrected chi connectivity index (χ3v) is 7.42. The van der Waals surface area contributed by atoms with E-state index in [9.17, 15) is 23.1 Å². The number of fused-ring (bicyclic) bond motifs is 1. The van der Waals surface area contributed by atoms with E-state index in [-0.39, 0.29) is 23.5 Å². The van der Waals surface area contributed by atoms with E-state index in [1.807, 2.05) is 36.8 Å². The van der Waals surface area contributed by atoms with E-state index in [2.05, 4.69) is 0 Å². The number of anilines is 1. The maximum atomic E-state index is 12.7. The molecular formula is C26H28N2O6S. The average Bonchev–Trinajstić information content (AvgIpc) is 3.10. The number of carbonyl (C=O) groups excluding carboxylic acids is 2. The zero-order valence-electron chi connectivity index (χ0n) is 19.7. The zero-order valence-corrected chi connectivity index (χ0v) is 20.5. The van der Waals surface area contributed by atoms with Crippen LogP contribution in [0.15, 0.2) is 60.7 Å². The van der Waals surface area contributed by atoms with Crippen molar-refractivity contribution in [2.45, 2.75) is 33.1 Å². The molecule has 0 aliphatic carbocycles. The Morgan fingerprint density at radius 3 is 2.49 bits per heavy atom. The molecule has 3 aromatic carbocycles. The third-order valence-electron chi connectivity index (χ3n) is 6.03. The predicted molar refractivity (Wildman–Crippen MR) is 134 cm³/mol. The summed E-state index contributed by atoms with van der Waals surface area (Å²) in [6, 6.07) is 17.5. The molecule has 1 amide bonds. The summed E-state index contributed by atoms with van der Waals surface area (Å²) in [7, 11) is -4.11. The van der Waals surface area contributed by atoms with E-state index < -0.39 is 28.6 Å². The smallest absolute Gasteiger partial charge is 0.343 e. The Hall–Kier alpha value is -3.43. The second-order valence-corrected chi connectivity index (χ2v) is 11.1. The van der Waals surface area contributed by atoms with Gasteiger partial charge in [0.15, 0.2) is 5.75 Å². The monoisotopic (exact) mass is 496 g/mol. The number of aliphatic hydroxyl groups is 1. The fourth-order valence-corrected chi connectivity index (χ4v) is 5.14. The topological polar surface area (TPSA) is 113 Å². The second kappa shape index (κ2) is 9.67. The minimum atomic E-state index is -4.11. The van der Waals surface area contributed by atoms with Gasteiger partial charge in [-0.1, -0.05) is 50.2 Å². The largest absolute Gasteiger partial charge is 0.421 e. The lowest BCUT2D eigenvalue weighted by molar-refractivity contribution is -0.117. The Morgan fingerprint density at radius 1 is 1.09 bits per heavy atom. The number of nitrogens with one attached hydrogen (secondary N) is 1. The fraction of sp³-hybridized carbons (Fsp3) is 0.308. The quantitative estimate of drug-likeness (QED) is 0.364. The normalized spacial score (nSPS) is 15.3. The number of esters is 1. The van der Waals surface area contributed by atoms with Crippen LogP contribution in [0.4, 0.5) is 5.69 Å². The third kappa shape index (κ3) is 5.63. The minimum Gasteiger partial charge on any atom is -0.421 e. The van der Waals surface area contributed by atoms with E-state index in [4.69, 9.17) is 4.74 Å². The lowest BCUT2D eigenvalue weighted by atomic mass is 9.87. The van der Waals surface area contributed by atoms with Crippen LogP contribution < -0.4 is 13.8 Å².